The first-order valence-corrected chi connectivity index (χ1v) is 13.6. The number of nitrogens with one attached hydrogen (secondary N) is 2. The van der Waals surface area contributed by atoms with E-state index in [1.54, 1.807) is 18.2 Å². The summed E-state index contributed by atoms with van der Waals surface area (Å²) in [4.78, 5) is 26.8. The maximum atomic E-state index is 12.9. The molecule has 0 radical (unpaired) electrons. The number of rotatable bonds is 10. The summed E-state index contributed by atoms with van der Waals surface area (Å²) in [6, 6.07) is 30.1. The van der Waals surface area contributed by atoms with Gasteiger partial charge in [0.1, 0.15) is 24.1 Å². The number of ether oxygens (including phenoxy) is 2. The van der Waals surface area contributed by atoms with Gasteiger partial charge >= 0.3 is 12.0 Å². The van der Waals surface area contributed by atoms with Gasteiger partial charge in [-0.05, 0) is 60.0 Å². The summed E-state index contributed by atoms with van der Waals surface area (Å²) in [5.41, 5.74) is 2.43. The number of benzene rings is 4. The van der Waals surface area contributed by atoms with Crippen molar-refractivity contribution in [2.24, 2.45) is 0 Å². The number of carboxylic acids is 1. The Labute approximate surface area is 243 Å². The van der Waals surface area contributed by atoms with E-state index < -0.39 is 18.0 Å². The second kappa shape index (κ2) is 13.2. The standard InChI is InChI=1S/C32H30ClN3O5/c33-24-13-16-30(41-27-9-5-2-6-10-27)28(17-24)35-32(39)34-25-18-29(31(37)38)36(20-25)19-22-11-14-26(15-12-22)40-21-23-7-3-1-4-8-23/h1-17,25,29H,18-21H2,(H,37,38)(H2,34,35,39)/t25-,29-/m0/s1. The molecule has 0 bridgehead atoms. The van der Waals surface area contributed by atoms with Crippen LogP contribution in [0.3, 0.4) is 0 Å². The number of urea groups is 1. The van der Waals surface area contributed by atoms with Gasteiger partial charge in [0.15, 0.2) is 5.75 Å². The highest BCUT2D eigenvalue weighted by Gasteiger charge is 2.37. The van der Waals surface area contributed by atoms with Crippen LogP contribution in [0.15, 0.2) is 103 Å². The van der Waals surface area contributed by atoms with Crippen LogP contribution in [0.2, 0.25) is 5.02 Å². The first kappa shape index (κ1) is 28.0. The lowest BCUT2D eigenvalue weighted by atomic mass is 10.1. The molecule has 3 N–H and O–H groups in total. The molecule has 41 heavy (non-hydrogen) atoms. The minimum atomic E-state index is -0.925. The lowest BCUT2D eigenvalue weighted by Crippen LogP contribution is -2.39. The Hall–Kier alpha value is -4.53. The van der Waals surface area contributed by atoms with E-state index >= 15 is 0 Å². The summed E-state index contributed by atoms with van der Waals surface area (Å²) in [7, 11) is 0. The fourth-order valence-corrected chi connectivity index (χ4v) is 4.93. The molecule has 0 spiro atoms. The van der Waals surface area contributed by atoms with Gasteiger partial charge in [0.05, 0.1) is 5.69 Å². The quantitative estimate of drug-likeness (QED) is 0.199. The van der Waals surface area contributed by atoms with Gasteiger partial charge in [-0.15, -0.1) is 0 Å². The second-order valence-corrected chi connectivity index (χ2v) is 10.2. The zero-order chi connectivity index (χ0) is 28.6. The minimum Gasteiger partial charge on any atom is -0.489 e. The molecule has 5 rings (SSSR count). The third-order valence-electron chi connectivity index (χ3n) is 6.74. The van der Waals surface area contributed by atoms with Crippen molar-refractivity contribution < 1.29 is 24.2 Å². The predicted molar refractivity (Wildman–Crippen MR) is 158 cm³/mol. The van der Waals surface area contributed by atoms with Crippen LogP contribution in [-0.2, 0) is 17.9 Å². The molecule has 1 heterocycles. The molecule has 2 amide bonds. The van der Waals surface area contributed by atoms with Crippen molar-refractivity contribution in [3.8, 4) is 17.2 Å². The molecule has 0 aromatic heterocycles. The van der Waals surface area contributed by atoms with Gasteiger partial charge in [-0.2, -0.15) is 0 Å². The number of para-hydroxylation sites is 1. The number of carbonyl (C=O) groups is 2. The Bertz CT molecular complexity index is 1470. The number of hydrogen-bond acceptors (Lipinski definition) is 5. The molecule has 1 fully saturated rings. The number of carbonyl (C=O) groups excluding carboxylic acids is 1. The van der Waals surface area contributed by atoms with Crippen LogP contribution in [0.5, 0.6) is 17.2 Å². The van der Waals surface area contributed by atoms with Crippen LogP contribution < -0.4 is 20.1 Å². The molecule has 9 heteroatoms. The Morgan fingerprint density at radius 3 is 2.29 bits per heavy atom. The number of anilines is 1. The fraction of sp³-hybridized carbons (Fsp3) is 0.188. The molecule has 2 atom stereocenters. The summed E-state index contributed by atoms with van der Waals surface area (Å²) >= 11 is 6.17. The van der Waals surface area contributed by atoms with E-state index in [2.05, 4.69) is 10.6 Å². The fourth-order valence-electron chi connectivity index (χ4n) is 4.75. The largest absolute Gasteiger partial charge is 0.489 e. The monoisotopic (exact) mass is 571 g/mol. The smallest absolute Gasteiger partial charge is 0.321 e. The first-order valence-electron chi connectivity index (χ1n) is 13.3. The number of likely N-dealkylation sites (tertiary alicyclic amines) is 1. The Balaban J connectivity index is 1.18. The second-order valence-electron chi connectivity index (χ2n) is 9.79. The predicted octanol–water partition coefficient (Wildman–Crippen LogP) is 6.56. The van der Waals surface area contributed by atoms with Gasteiger partial charge in [-0.3, -0.25) is 9.69 Å². The minimum absolute atomic E-state index is 0.282. The van der Waals surface area contributed by atoms with Gasteiger partial charge in [-0.1, -0.05) is 72.3 Å². The molecule has 1 aliphatic rings. The average molecular weight is 572 g/mol. The van der Waals surface area contributed by atoms with E-state index in [1.165, 1.54) is 0 Å². The SMILES string of the molecule is O=C(Nc1cc(Cl)ccc1Oc1ccccc1)N[C@H]1C[C@@H](C(=O)O)N(Cc2ccc(OCc3ccccc3)cc2)C1. The average Bonchev–Trinajstić information content (AvgIpc) is 3.37. The van der Waals surface area contributed by atoms with Gasteiger partial charge in [0, 0.05) is 24.2 Å². The molecule has 8 nitrogen and oxygen atoms in total. The third-order valence-corrected chi connectivity index (χ3v) is 6.98. The highest BCUT2D eigenvalue weighted by atomic mass is 35.5. The molecular formula is C32H30ClN3O5. The van der Waals surface area contributed by atoms with Crippen molar-refractivity contribution in [1.82, 2.24) is 10.2 Å². The van der Waals surface area contributed by atoms with Crippen LogP contribution in [-0.4, -0.2) is 40.6 Å². The van der Waals surface area contributed by atoms with E-state index in [-0.39, 0.29) is 12.5 Å². The number of carboxylic acid groups (broad SMARTS) is 1. The van der Waals surface area contributed by atoms with E-state index in [4.69, 9.17) is 21.1 Å². The Morgan fingerprint density at radius 1 is 0.878 bits per heavy atom. The summed E-state index contributed by atoms with van der Waals surface area (Å²) in [6.07, 6.45) is 0.282. The molecule has 4 aromatic rings. The van der Waals surface area contributed by atoms with E-state index in [0.29, 0.717) is 41.9 Å². The first-order chi connectivity index (χ1) is 19.9. The number of hydrogen-bond donors (Lipinski definition) is 3. The number of halogens is 1. The maximum absolute atomic E-state index is 12.9. The normalized spacial score (nSPS) is 16.6. The van der Waals surface area contributed by atoms with Crippen molar-refractivity contribution in [1.29, 1.82) is 0 Å². The summed E-state index contributed by atoms with van der Waals surface area (Å²) in [5.74, 6) is 0.862. The van der Waals surface area contributed by atoms with Crippen LogP contribution in [0.25, 0.3) is 0 Å². The Morgan fingerprint density at radius 2 is 1.59 bits per heavy atom. The molecule has 0 unspecified atom stereocenters. The Kier molecular flexibility index (Phi) is 9.03. The number of aliphatic carboxylic acids is 1. The van der Waals surface area contributed by atoms with E-state index in [9.17, 15) is 14.7 Å². The van der Waals surface area contributed by atoms with Crippen LogP contribution in [0.1, 0.15) is 17.5 Å². The van der Waals surface area contributed by atoms with Gasteiger partial charge in [0.2, 0.25) is 0 Å². The molecule has 0 aliphatic carbocycles. The van der Waals surface area contributed by atoms with Crippen LogP contribution >= 0.6 is 11.6 Å². The molecule has 210 valence electrons. The molecule has 4 aromatic carbocycles. The molecule has 1 saturated heterocycles. The number of amides is 2. The van der Waals surface area contributed by atoms with Crippen molar-refractivity contribution in [2.45, 2.75) is 31.7 Å². The summed E-state index contributed by atoms with van der Waals surface area (Å²) in [5, 5.41) is 16.0. The highest BCUT2D eigenvalue weighted by molar-refractivity contribution is 6.31. The summed E-state index contributed by atoms with van der Waals surface area (Å²) in [6.45, 7) is 1.29. The maximum Gasteiger partial charge on any atom is 0.321 e. The third kappa shape index (κ3) is 7.78. The van der Waals surface area contributed by atoms with Crippen LogP contribution in [0.4, 0.5) is 10.5 Å². The van der Waals surface area contributed by atoms with Crippen molar-refractivity contribution in [2.75, 3.05) is 11.9 Å². The van der Waals surface area contributed by atoms with Crippen molar-refractivity contribution >= 4 is 29.3 Å². The number of nitrogens with zero attached hydrogens (tertiary/aromatic N) is 1. The van der Waals surface area contributed by atoms with Crippen LogP contribution in [0, 0.1) is 0 Å². The zero-order valence-corrected chi connectivity index (χ0v) is 23.0. The van der Waals surface area contributed by atoms with Crippen molar-refractivity contribution in [3.05, 3.63) is 119 Å². The van der Waals surface area contributed by atoms with E-state index in [0.717, 1.165) is 16.9 Å². The van der Waals surface area contributed by atoms with Gasteiger partial charge in [0.25, 0.3) is 0 Å². The molecular weight excluding hydrogens is 542 g/mol. The molecule has 0 saturated carbocycles. The lowest BCUT2D eigenvalue weighted by molar-refractivity contribution is -0.142. The highest BCUT2D eigenvalue weighted by Crippen LogP contribution is 2.32. The van der Waals surface area contributed by atoms with Gasteiger partial charge < -0.3 is 25.2 Å². The van der Waals surface area contributed by atoms with Gasteiger partial charge in [-0.25, -0.2) is 4.79 Å². The zero-order valence-electron chi connectivity index (χ0n) is 22.2. The molecule has 1 aliphatic heterocycles. The van der Waals surface area contributed by atoms with Crippen molar-refractivity contribution in [3.63, 3.8) is 0 Å². The van der Waals surface area contributed by atoms with E-state index in [1.807, 2.05) is 89.8 Å². The summed E-state index contributed by atoms with van der Waals surface area (Å²) < 4.78 is 11.8. The lowest BCUT2D eigenvalue weighted by Gasteiger charge is -2.21. The topological polar surface area (TPSA) is 100 Å².